The highest BCUT2D eigenvalue weighted by molar-refractivity contribution is 7.45. The number of amides is 1. The largest absolute Gasteiger partial charge is 0.756 e. The van der Waals surface area contributed by atoms with E-state index in [1.807, 2.05) is 21.1 Å². The summed E-state index contributed by atoms with van der Waals surface area (Å²) in [5.41, 5.74) is 0. The van der Waals surface area contributed by atoms with Gasteiger partial charge in [-0.3, -0.25) is 9.36 Å². The number of allylic oxidation sites excluding steroid dienone is 6. The molecule has 0 bridgehead atoms. The molecule has 0 spiro atoms. The van der Waals surface area contributed by atoms with E-state index < -0.39 is 20.0 Å². The second-order valence-corrected chi connectivity index (χ2v) is 25.2. The molecule has 3 unspecified atom stereocenters. The van der Waals surface area contributed by atoms with E-state index in [2.05, 4.69) is 55.6 Å². The number of phosphoric acid groups is 1. The second kappa shape index (κ2) is 57.4. The van der Waals surface area contributed by atoms with Gasteiger partial charge >= 0.3 is 0 Å². The van der Waals surface area contributed by atoms with Gasteiger partial charge in [-0.05, 0) is 51.4 Å². The highest BCUT2D eigenvalue weighted by Gasteiger charge is 2.24. The summed E-state index contributed by atoms with van der Waals surface area (Å²) in [6, 6.07) is -0.800. The van der Waals surface area contributed by atoms with Gasteiger partial charge in [0, 0.05) is 6.42 Å². The van der Waals surface area contributed by atoms with Crippen LogP contribution in [0.15, 0.2) is 36.5 Å². The van der Waals surface area contributed by atoms with Crippen molar-refractivity contribution < 1.29 is 32.9 Å². The zero-order valence-electron chi connectivity index (χ0n) is 50.8. The number of unbranched alkanes of at least 4 members (excludes halogenated alkanes) is 42. The quantitative estimate of drug-likeness (QED) is 0.0272. The Morgan fingerprint density at radius 1 is 0.467 bits per heavy atom. The van der Waals surface area contributed by atoms with Gasteiger partial charge in [0.1, 0.15) is 13.2 Å². The molecule has 444 valence electrons. The minimum absolute atomic E-state index is 0.0140. The van der Waals surface area contributed by atoms with Crippen LogP contribution >= 0.6 is 7.82 Å². The highest BCUT2D eigenvalue weighted by atomic mass is 31.2. The van der Waals surface area contributed by atoms with Gasteiger partial charge in [0.2, 0.25) is 5.91 Å². The number of likely N-dealkylation sites (N-methyl/N-ethyl adjacent to an activating group) is 1. The Labute approximate surface area is 467 Å². The van der Waals surface area contributed by atoms with Crippen LogP contribution in [0.4, 0.5) is 0 Å². The third-order valence-electron chi connectivity index (χ3n) is 15.1. The van der Waals surface area contributed by atoms with Gasteiger partial charge < -0.3 is 28.8 Å². The third kappa shape index (κ3) is 60.2. The number of rotatable bonds is 61. The van der Waals surface area contributed by atoms with Gasteiger partial charge in [-0.25, -0.2) is 0 Å². The lowest BCUT2D eigenvalue weighted by atomic mass is 10.0. The Morgan fingerprint density at radius 2 is 0.773 bits per heavy atom. The van der Waals surface area contributed by atoms with Crippen molar-refractivity contribution in [2.24, 2.45) is 0 Å². The van der Waals surface area contributed by atoms with Crippen LogP contribution in [0.25, 0.3) is 0 Å². The highest BCUT2D eigenvalue weighted by Crippen LogP contribution is 2.38. The van der Waals surface area contributed by atoms with Crippen LogP contribution < -0.4 is 10.2 Å². The maximum atomic E-state index is 13.0. The van der Waals surface area contributed by atoms with Crippen LogP contribution in [0.3, 0.4) is 0 Å². The molecule has 0 aromatic rings. The van der Waals surface area contributed by atoms with Gasteiger partial charge in [-0.15, -0.1) is 0 Å². The van der Waals surface area contributed by atoms with Crippen molar-refractivity contribution in [1.82, 2.24) is 5.32 Å². The average Bonchev–Trinajstić information content (AvgIpc) is 3.37. The third-order valence-corrected chi connectivity index (χ3v) is 16.1. The zero-order chi connectivity index (χ0) is 54.9. The molecule has 0 aliphatic heterocycles. The fourth-order valence-electron chi connectivity index (χ4n) is 9.99. The van der Waals surface area contributed by atoms with E-state index in [4.69, 9.17) is 9.05 Å². The van der Waals surface area contributed by atoms with Gasteiger partial charge in [0.15, 0.2) is 0 Å². The molecule has 8 nitrogen and oxygen atoms in total. The minimum Gasteiger partial charge on any atom is -0.756 e. The summed E-state index contributed by atoms with van der Waals surface area (Å²) < 4.78 is 23.5. The van der Waals surface area contributed by atoms with Crippen molar-refractivity contribution in [2.45, 2.75) is 341 Å². The van der Waals surface area contributed by atoms with E-state index in [0.29, 0.717) is 23.9 Å². The SMILES string of the molecule is CCCCCCC/C=C\C/C=C\C/C=C\CCCCCCCCCCCCCCCCCCCCC(=O)NC(COP(=O)([O-])OCC[N+](C)(C)C)C(O)CCCCCCCCCCCCCCCCCCCCCC. The van der Waals surface area contributed by atoms with E-state index in [0.717, 1.165) is 51.4 Å². The fourth-order valence-corrected chi connectivity index (χ4v) is 10.7. The molecule has 75 heavy (non-hydrogen) atoms. The molecule has 0 aromatic carbocycles. The van der Waals surface area contributed by atoms with Gasteiger partial charge in [0.25, 0.3) is 7.82 Å². The summed E-state index contributed by atoms with van der Waals surface area (Å²) in [5.74, 6) is -0.159. The first kappa shape index (κ1) is 73.7. The van der Waals surface area contributed by atoms with E-state index in [9.17, 15) is 19.4 Å². The summed E-state index contributed by atoms with van der Waals surface area (Å²) in [4.78, 5) is 25.6. The summed E-state index contributed by atoms with van der Waals surface area (Å²) in [6.07, 6.45) is 74.9. The number of nitrogens with zero attached hydrogens (tertiary/aromatic N) is 1. The number of phosphoric ester groups is 1. The van der Waals surface area contributed by atoms with Crippen LogP contribution in [0.1, 0.15) is 328 Å². The number of quaternary nitrogens is 1. The first-order valence-electron chi connectivity index (χ1n) is 32.8. The van der Waals surface area contributed by atoms with Crippen molar-refractivity contribution in [3.63, 3.8) is 0 Å². The first-order chi connectivity index (χ1) is 36.5. The van der Waals surface area contributed by atoms with Crippen LogP contribution in [-0.4, -0.2) is 68.5 Å². The number of nitrogens with one attached hydrogen (secondary N) is 1. The molecule has 3 atom stereocenters. The molecular weight excluding hydrogens is 948 g/mol. The van der Waals surface area contributed by atoms with E-state index in [-0.39, 0.29) is 19.1 Å². The number of hydrogen-bond donors (Lipinski definition) is 2. The van der Waals surface area contributed by atoms with Crippen molar-refractivity contribution in [2.75, 3.05) is 40.9 Å². The predicted molar refractivity (Wildman–Crippen MR) is 325 cm³/mol. The van der Waals surface area contributed by atoms with Crippen molar-refractivity contribution in [3.8, 4) is 0 Å². The Bertz CT molecular complexity index is 1320. The van der Waals surface area contributed by atoms with Crippen molar-refractivity contribution in [3.05, 3.63) is 36.5 Å². The topological polar surface area (TPSA) is 108 Å². The molecule has 0 fully saturated rings. The second-order valence-electron chi connectivity index (χ2n) is 23.8. The monoisotopic (exact) mass is 1080 g/mol. The van der Waals surface area contributed by atoms with Crippen LogP contribution in [0, 0.1) is 0 Å². The summed E-state index contributed by atoms with van der Waals surface area (Å²) in [7, 11) is 1.32. The van der Waals surface area contributed by atoms with Crippen molar-refractivity contribution in [1.29, 1.82) is 0 Å². The number of aliphatic hydroxyl groups excluding tert-OH is 1. The molecule has 0 heterocycles. The van der Waals surface area contributed by atoms with Crippen LogP contribution in [-0.2, 0) is 18.4 Å². The Balaban J connectivity index is 4.01. The molecule has 0 saturated carbocycles. The summed E-state index contributed by atoms with van der Waals surface area (Å²) in [5, 5.41) is 14.1. The molecule has 0 aliphatic carbocycles. The molecule has 0 saturated heterocycles. The molecule has 0 radical (unpaired) electrons. The molecule has 2 N–H and O–H groups in total. The smallest absolute Gasteiger partial charge is 0.268 e. The molecule has 0 rings (SSSR count). The van der Waals surface area contributed by atoms with Gasteiger partial charge in [-0.2, -0.15) is 0 Å². The molecule has 1 amide bonds. The maximum absolute atomic E-state index is 13.0. The van der Waals surface area contributed by atoms with E-state index >= 15 is 0 Å². The zero-order valence-corrected chi connectivity index (χ0v) is 51.7. The number of carbonyl (C=O) groups is 1. The fraction of sp³-hybridized carbons (Fsp3) is 0.894. The Morgan fingerprint density at radius 3 is 1.12 bits per heavy atom. The predicted octanol–water partition coefficient (Wildman–Crippen LogP) is 19.9. The molecule has 9 heteroatoms. The lowest BCUT2D eigenvalue weighted by Gasteiger charge is -2.30. The van der Waals surface area contributed by atoms with E-state index in [1.54, 1.807) is 0 Å². The van der Waals surface area contributed by atoms with Crippen LogP contribution in [0.5, 0.6) is 0 Å². The minimum atomic E-state index is -4.58. The lowest BCUT2D eigenvalue weighted by Crippen LogP contribution is -2.46. The van der Waals surface area contributed by atoms with Crippen LogP contribution in [0.2, 0.25) is 0 Å². The molecule has 0 aliphatic rings. The summed E-state index contributed by atoms with van der Waals surface area (Å²) in [6.45, 7) is 4.76. The normalized spacial score (nSPS) is 14.0. The first-order valence-corrected chi connectivity index (χ1v) is 34.3. The van der Waals surface area contributed by atoms with Gasteiger partial charge in [-0.1, -0.05) is 307 Å². The number of hydrogen-bond acceptors (Lipinski definition) is 6. The molecule has 0 aromatic heterocycles. The maximum Gasteiger partial charge on any atom is 0.268 e. The summed E-state index contributed by atoms with van der Waals surface area (Å²) >= 11 is 0. The number of aliphatic hydroxyl groups is 1. The van der Waals surface area contributed by atoms with Gasteiger partial charge in [0.05, 0.1) is 39.9 Å². The lowest BCUT2D eigenvalue weighted by molar-refractivity contribution is -0.870. The Hall–Kier alpha value is -1.28. The Kier molecular flexibility index (Phi) is 56.4. The standard InChI is InChI=1S/C66H129N2O6P/c1-6-8-10-12-14-16-18-20-22-24-26-28-29-30-31-32-33-34-35-36-37-38-39-40-42-44-46-48-50-52-54-56-58-60-66(70)67-64(63-74-75(71,72)73-62-61-68(3,4)5)65(69)59-57-55-53-51-49-47-45-43-41-27-25-23-21-19-17-15-13-11-9-7-2/h18,20,24,26,29-30,64-65,69H,6-17,19,21-23,25,27-28,31-63H2,1-5H3,(H-,67,70,71,72)/b20-18-,26-24-,30-29-. The average molecular weight is 1080 g/mol. The molecular formula is C66H129N2O6P. The van der Waals surface area contributed by atoms with Crippen molar-refractivity contribution >= 4 is 13.7 Å². The number of carbonyl (C=O) groups excluding carboxylic acids is 1. The van der Waals surface area contributed by atoms with E-state index in [1.165, 1.54) is 250 Å².